The standard InChI is InChI=1S/C6H14N2OS/c1-4(7)3-10-5(2)6(8)9/h4-5H,3,7H2,1-2H3,(H2,8,9). The Hall–Kier alpha value is -0.220. The average molecular weight is 162 g/mol. The van der Waals surface area contributed by atoms with Crippen molar-refractivity contribution in [3.8, 4) is 0 Å². The summed E-state index contributed by atoms with van der Waals surface area (Å²) >= 11 is 1.49. The number of nitrogens with two attached hydrogens (primary N) is 2. The molecule has 0 spiro atoms. The molecule has 2 unspecified atom stereocenters. The quantitative estimate of drug-likeness (QED) is 0.608. The highest BCUT2D eigenvalue weighted by atomic mass is 32.2. The average Bonchev–Trinajstić information content (AvgIpc) is 1.82. The van der Waals surface area contributed by atoms with E-state index in [-0.39, 0.29) is 17.2 Å². The summed E-state index contributed by atoms with van der Waals surface area (Å²) in [5, 5.41) is -0.119. The minimum atomic E-state index is -0.273. The van der Waals surface area contributed by atoms with Crippen molar-refractivity contribution in [2.75, 3.05) is 5.75 Å². The van der Waals surface area contributed by atoms with Crippen LogP contribution in [0.4, 0.5) is 0 Å². The molecule has 0 saturated heterocycles. The van der Waals surface area contributed by atoms with Crippen molar-refractivity contribution >= 4 is 17.7 Å². The van der Waals surface area contributed by atoms with Crippen LogP contribution in [0.15, 0.2) is 0 Å². The number of hydrogen-bond donors (Lipinski definition) is 2. The summed E-state index contributed by atoms with van der Waals surface area (Å²) in [6.45, 7) is 3.69. The molecule has 4 heteroatoms. The molecule has 4 N–H and O–H groups in total. The largest absolute Gasteiger partial charge is 0.369 e. The lowest BCUT2D eigenvalue weighted by molar-refractivity contribution is -0.117. The molecule has 0 radical (unpaired) electrons. The smallest absolute Gasteiger partial charge is 0.230 e. The second-order valence-electron chi connectivity index (χ2n) is 2.36. The molecule has 60 valence electrons. The molecule has 0 aromatic carbocycles. The lowest BCUT2D eigenvalue weighted by atomic mass is 10.4. The maximum Gasteiger partial charge on any atom is 0.230 e. The third-order valence-electron chi connectivity index (χ3n) is 1.01. The molecule has 10 heavy (non-hydrogen) atoms. The summed E-state index contributed by atoms with van der Waals surface area (Å²) in [5.41, 5.74) is 10.5. The normalized spacial score (nSPS) is 16.3. The fourth-order valence-corrected chi connectivity index (χ4v) is 1.13. The molecule has 3 nitrogen and oxygen atoms in total. The molecule has 0 aromatic heterocycles. The van der Waals surface area contributed by atoms with E-state index in [2.05, 4.69) is 0 Å². The van der Waals surface area contributed by atoms with E-state index >= 15 is 0 Å². The van der Waals surface area contributed by atoms with Gasteiger partial charge in [-0.15, -0.1) is 11.8 Å². The van der Waals surface area contributed by atoms with Gasteiger partial charge in [0.05, 0.1) is 5.25 Å². The Morgan fingerprint density at radius 3 is 2.40 bits per heavy atom. The van der Waals surface area contributed by atoms with E-state index in [0.29, 0.717) is 0 Å². The molecule has 0 aliphatic rings. The second-order valence-corrected chi connectivity index (χ2v) is 3.73. The van der Waals surface area contributed by atoms with Crippen LogP contribution in [-0.4, -0.2) is 23.0 Å². The fourth-order valence-electron chi connectivity index (χ4n) is 0.378. The SMILES string of the molecule is CC(N)CSC(C)C(N)=O. The van der Waals surface area contributed by atoms with Gasteiger partial charge in [0.2, 0.25) is 5.91 Å². The zero-order valence-electron chi connectivity index (χ0n) is 6.33. The third-order valence-corrected chi connectivity index (χ3v) is 2.46. The topological polar surface area (TPSA) is 69.1 Å². The number of thioether (sulfide) groups is 1. The zero-order valence-corrected chi connectivity index (χ0v) is 7.15. The van der Waals surface area contributed by atoms with Gasteiger partial charge in [-0.3, -0.25) is 4.79 Å². The highest BCUT2D eigenvalue weighted by molar-refractivity contribution is 8.00. The van der Waals surface area contributed by atoms with Gasteiger partial charge in [0, 0.05) is 11.8 Å². The maximum absolute atomic E-state index is 10.5. The van der Waals surface area contributed by atoms with Crippen LogP contribution in [0.3, 0.4) is 0 Å². The molecule has 0 aliphatic heterocycles. The van der Waals surface area contributed by atoms with E-state index in [1.165, 1.54) is 11.8 Å². The molecule has 0 heterocycles. The van der Waals surface area contributed by atoms with Crippen molar-refractivity contribution in [1.82, 2.24) is 0 Å². The molecule has 0 saturated carbocycles. The molecular weight excluding hydrogens is 148 g/mol. The molecule has 0 bridgehead atoms. The van der Waals surface area contributed by atoms with Crippen LogP contribution < -0.4 is 11.5 Å². The Labute approximate surface area is 65.5 Å². The van der Waals surface area contributed by atoms with Gasteiger partial charge >= 0.3 is 0 Å². The molecule has 0 aromatic rings. The second kappa shape index (κ2) is 4.57. The minimum Gasteiger partial charge on any atom is -0.369 e. The summed E-state index contributed by atoms with van der Waals surface area (Å²) in [5.74, 6) is 0.509. The Morgan fingerprint density at radius 2 is 2.10 bits per heavy atom. The summed E-state index contributed by atoms with van der Waals surface area (Å²) < 4.78 is 0. The van der Waals surface area contributed by atoms with Gasteiger partial charge in [-0.2, -0.15) is 0 Å². The third kappa shape index (κ3) is 4.64. The molecule has 0 rings (SSSR count). The van der Waals surface area contributed by atoms with Gasteiger partial charge in [0.25, 0.3) is 0 Å². The zero-order chi connectivity index (χ0) is 8.15. The first-order valence-electron chi connectivity index (χ1n) is 3.20. The number of hydrogen-bond acceptors (Lipinski definition) is 3. The monoisotopic (exact) mass is 162 g/mol. The van der Waals surface area contributed by atoms with E-state index in [1.807, 2.05) is 6.92 Å². The number of primary amides is 1. The van der Waals surface area contributed by atoms with Crippen LogP contribution in [-0.2, 0) is 4.79 Å². The first kappa shape index (κ1) is 9.78. The van der Waals surface area contributed by atoms with Gasteiger partial charge in [0.1, 0.15) is 0 Å². The predicted molar refractivity (Wildman–Crippen MR) is 44.8 cm³/mol. The summed E-state index contributed by atoms with van der Waals surface area (Å²) in [4.78, 5) is 10.5. The first-order chi connectivity index (χ1) is 4.54. The summed E-state index contributed by atoms with van der Waals surface area (Å²) in [6.07, 6.45) is 0. The van der Waals surface area contributed by atoms with Crippen LogP contribution in [0.2, 0.25) is 0 Å². The number of carbonyl (C=O) groups is 1. The van der Waals surface area contributed by atoms with Crippen molar-refractivity contribution in [3.63, 3.8) is 0 Å². The Morgan fingerprint density at radius 1 is 1.60 bits per heavy atom. The predicted octanol–water partition coefficient (Wildman–Crippen LogP) is -0.0594. The van der Waals surface area contributed by atoms with Crippen molar-refractivity contribution in [3.05, 3.63) is 0 Å². The van der Waals surface area contributed by atoms with Gasteiger partial charge in [-0.25, -0.2) is 0 Å². The molecular formula is C6H14N2OS. The van der Waals surface area contributed by atoms with Gasteiger partial charge in [-0.05, 0) is 13.8 Å². The highest BCUT2D eigenvalue weighted by Gasteiger charge is 2.08. The van der Waals surface area contributed by atoms with Crippen LogP contribution in [0.25, 0.3) is 0 Å². The van der Waals surface area contributed by atoms with Crippen LogP contribution in [0, 0.1) is 0 Å². The van der Waals surface area contributed by atoms with Crippen LogP contribution >= 0.6 is 11.8 Å². The minimum absolute atomic E-state index is 0.119. The summed E-state index contributed by atoms with van der Waals surface area (Å²) in [6, 6.07) is 0.131. The fraction of sp³-hybridized carbons (Fsp3) is 0.833. The van der Waals surface area contributed by atoms with Gasteiger partial charge in [-0.1, -0.05) is 0 Å². The van der Waals surface area contributed by atoms with Gasteiger partial charge < -0.3 is 11.5 Å². The number of amides is 1. The van der Waals surface area contributed by atoms with E-state index < -0.39 is 0 Å². The maximum atomic E-state index is 10.5. The van der Waals surface area contributed by atoms with Gasteiger partial charge in [0.15, 0.2) is 0 Å². The van der Waals surface area contributed by atoms with Crippen molar-refractivity contribution in [1.29, 1.82) is 0 Å². The van der Waals surface area contributed by atoms with Crippen LogP contribution in [0.1, 0.15) is 13.8 Å². The Balaban J connectivity index is 3.40. The van der Waals surface area contributed by atoms with E-state index in [1.54, 1.807) is 6.92 Å². The first-order valence-corrected chi connectivity index (χ1v) is 4.25. The Bertz CT molecular complexity index is 116. The van der Waals surface area contributed by atoms with Crippen molar-refractivity contribution in [2.45, 2.75) is 25.1 Å². The van der Waals surface area contributed by atoms with E-state index in [9.17, 15) is 4.79 Å². The van der Waals surface area contributed by atoms with Crippen LogP contribution in [0.5, 0.6) is 0 Å². The molecule has 1 amide bonds. The van der Waals surface area contributed by atoms with Crippen molar-refractivity contribution in [2.24, 2.45) is 11.5 Å². The van der Waals surface area contributed by atoms with E-state index in [4.69, 9.17) is 11.5 Å². The Kier molecular flexibility index (Phi) is 4.47. The molecule has 0 aliphatic carbocycles. The summed E-state index contributed by atoms with van der Waals surface area (Å²) in [7, 11) is 0. The van der Waals surface area contributed by atoms with E-state index in [0.717, 1.165) is 5.75 Å². The lowest BCUT2D eigenvalue weighted by Gasteiger charge is -2.08. The van der Waals surface area contributed by atoms with Crippen molar-refractivity contribution < 1.29 is 4.79 Å². The number of rotatable bonds is 4. The molecule has 0 fully saturated rings. The lowest BCUT2D eigenvalue weighted by Crippen LogP contribution is -2.26. The highest BCUT2D eigenvalue weighted by Crippen LogP contribution is 2.09. The number of carbonyl (C=O) groups excluding carboxylic acids is 1. The molecule has 2 atom stereocenters.